The van der Waals surface area contributed by atoms with Gasteiger partial charge in [-0.2, -0.15) is 0 Å². The van der Waals surface area contributed by atoms with Crippen molar-refractivity contribution >= 4 is 45.0 Å². The highest BCUT2D eigenvalue weighted by Gasteiger charge is 2.18. The first kappa shape index (κ1) is 17.2. The second kappa shape index (κ2) is 7.16. The predicted octanol–water partition coefficient (Wildman–Crippen LogP) is 4.99. The first-order valence-electron chi connectivity index (χ1n) is 8.90. The van der Waals surface area contributed by atoms with Crippen molar-refractivity contribution in [3.8, 4) is 0 Å². The van der Waals surface area contributed by atoms with Crippen molar-refractivity contribution in [2.24, 2.45) is 0 Å². The lowest BCUT2D eigenvalue weighted by molar-refractivity contribution is 0.150. The molecule has 0 spiro atoms. The number of hydrogen-bond acceptors (Lipinski definition) is 2. The summed E-state index contributed by atoms with van der Waals surface area (Å²) in [5.74, 6) is 0. The van der Waals surface area contributed by atoms with Crippen LogP contribution in [-0.2, 0) is 6.54 Å². The Balaban J connectivity index is 1.65. The average molecular weight is 377 g/mol. The Labute approximate surface area is 157 Å². The number of nitrogens with zero attached hydrogens (tertiary/aromatic N) is 1. The zero-order valence-electron chi connectivity index (χ0n) is 14.0. The van der Waals surface area contributed by atoms with Crippen LogP contribution in [-0.4, -0.2) is 28.4 Å². The van der Waals surface area contributed by atoms with Crippen molar-refractivity contribution in [1.82, 2.24) is 9.88 Å². The van der Waals surface area contributed by atoms with E-state index in [9.17, 15) is 5.11 Å². The molecule has 3 aromatic rings. The van der Waals surface area contributed by atoms with Gasteiger partial charge in [0.1, 0.15) is 0 Å². The molecule has 1 saturated carbocycles. The van der Waals surface area contributed by atoms with Gasteiger partial charge in [0.2, 0.25) is 0 Å². The van der Waals surface area contributed by atoms with Crippen LogP contribution in [0.1, 0.15) is 25.7 Å². The van der Waals surface area contributed by atoms with E-state index in [4.69, 9.17) is 23.2 Å². The normalized spacial score (nSPS) is 16.9. The van der Waals surface area contributed by atoms with Gasteiger partial charge < -0.3 is 15.0 Å². The highest BCUT2D eigenvalue weighted by molar-refractivity contribution is 6.33. The number of hydrogen-bond donors (Lipinski definition) is 2. The molecule has 1 heterocycles. The molecule has 0 amide bonds. The van der Waals surface area contributed by atoms with Crippen LogP contribution < -0.4 is 5.32 Å². The molecule has 1 aliphatic carbocycles. The summed E-state index contributed by atoms with van der Waals surface area (Å²) in [7, 11) is 0. The van der Waals surface area contributed by atoms with Crippen LogP contribution in [0.4, 0.5) is 0 Å². The third-order valence-corrected chi connectivity index (χ3v) is 5.65. The van der Waals surface area contributed by atoms with Gasteiger partial charge in [0.25, 0.3) is 0 Å². The van der Waals surface area contributed by atoms with E-state index in [1.54, 1.807) is 0 Å². The lowest BCUT2D eigenvalue weighted by atomic mass is 10.1. The van der Waals surface area contributed by atoms with E-state index in [1.807, 2.05) is 36.4 Å². The monoisotopic (exact) mass is 376 g/mol. The highest BCUT2D eigenvalue weighted by Crippen LogP contribution is 2.33. The number of aliphatic hydroxyl groups is 1. The molecule has 0 unspecified atom stereocenters. The van der Waals surface area contributed by atoms with E-state index in [0.29, 0.717) is 29.2 Å². The molecule has 0 radical (unpaired) electrons. The van der Waals surface area contributed by atoms with Gasteiger partial charge in [0, 0.05) is 44.4 Å². The molecule has 1 aromatic heterocycles. The smallest absolute Gasteiger partial charge is 0.0843 e. The number of aromatic nitrogens is 1. The summed E-state index contributed by atoms with van der Waals surface area (Å²) < 4.78 is 2.16. The van der Waals surface area contributed by atoms with Crippen LogP contribution in [0.15, 0.2) is 36.4 Å². The Morgan fingerprint density at radius 1 is 1.00 bits per heavy atom. The average Bonchev–Trinajstić information content (AvgIpc) is 3.20. The molecule has 1 aliphatic rings. The number of aliphatic hydroxyl groups excluding tert-OH is 1. The van der Waals surface area contributed by atoms with Crippen molar-refractivity contribution in [3.05, 3.63) is 46.4 Å². The van der Waals surface area contributed by atoms with Gasteiger partial charge in [-0.25, -0.2) is 0 Å². The summed E-state index contributed by atoms with van der Waals surface area (Å²) in [5.41, 5.74) is 2.14. The van der Waals surface area contributed by atoms with E-state index >= 15 is 0 Å². The minimum absolute atomic E-state index is 0.439. The summed E-state index contributed by atoms with van der Waals surface area (Å²) in [5, 5.41) is 17.6. The lowest BCUT2D eigenvalue weighted by Gasteiger charge is -2.18. The quantitative estimate of drug-likeness (QED) is 0.657. The van der Waals surface area contributed by atoms with Crippen LogP contribution >= 0.6 is 23.2 Å². The molecule has 4 rings (SSSR count). The van der Waals surface area contributed by atoms with Crippen LogP contribution in [0.5, 0.6) is 0 Å². The fraction of sp³-hybridized carbons (Fsp3) is 0.400. The third-order valence-electron chi connectivity index (χ3n) is 5.18. The minimum Gasteiger partial charge on any atom is -0.390 e. The van der Waals surface area contributed by atoms with Crippen LogP contribution in [0.25, 0.3) is 21.8 Å². The van der Waals surface area contributed by atoms with Crippen LogP contribution in [0, 0.1) is 0 Å². The van der Waals surface area contributed by atoms with E-state index in [-0.39, 0.29) is 0 Å². The fourth-order valence-corrected chi connectivity index (χ4v) is 4.30. The maximum Gasteiger partial charge on any atom is 0.0843 e. The molecule has 25 heavy (non-hydrogen) atoms. The molecular weight excluding hydrogens is 355 g/mol. The SMILES string of the molecule is O[C@@H](CNC1CCCC1)Cn1c2ccc(Cl)cc2c2cc(Cl)ccc21. The molecule has 0 saturated heterocycles. The molecule has 2 aromatic carbocycles. The number of halogens is 2. The summed E-state index contributed by atoms with van der Waals surface area (Å²) in [6.07, 6.45) is 4.59. The topological polar surface area (TPSA) is 37.2 Å². The van der Waals surface area contributed by atoms with E-state index in [1.165, 1.54) is 25.7 Å². The van der Waals surface area contributed by atoms with Crippen molar-refractivity contribution in [3.63, 3.8) is 0 Å². The van der Waals surface area contributed by atoms with Crippen molar-refractivity contribution < 1.29 is 5.11 Å². The van der Waals surface area contributed by atoms with Gasteiger partial charge in [0.15, 0.2) is 0 Å². The first-order valence-corrected chi connectivity index (χ1v) is 9.66. The van der Waals surface area contributed by atoms with Crippen LogP contribution in [0.3, 0.4) is 0 Å². The maximum absolute atomic E-state index is 10.6. The third kappa shape index (κ3) is 3.52. The van der Waals surface area contributed by atoms with Crippen molar-refractivity contribution in [1.29, 1.82) is 0 Å². The standard InChI is InChI=1S/C20H22Cl2N2O/c21-13-5-7-19-17(9-13)18-10-14(22)6-8-20(18)24(19)12-16(25)11-23-15-3-1-2-4-15/h5-10,15-16,23,25H,1-4,11-12H2/t16-/m0/s1. The van der Waals surface area contributed by atoms with Crippen molar-refractivity contribution in [2.75, 3.05) is 6.54 Å². The molecule has 2 N–H and O–H groups in total. The first-order chi connectivity index (χ1) is 12.1. The molecular formula is C20H22Cl2N2O. The fourth-order valence-electron chi connectivity index (χ4n) is 3.95. The Bertz CT molecular complexity index is 840. The van der Waals surface area contributed by atoms with Gasteiger partial charge >= 0.3 is 0 Å². The largest absolute Gasteiger partial charge is 0.390 e. The molecule has 3 nitrogen and oxygen atoms in total. The van der Waals surface area contributed by atoms with Gasteiger partial charge in [-0.3, -0.25) is 0 Å². The Morgan fingerprint density at radius 3 is 2.12 bits per heavy atom. The second-order valence-corrected chi connectivity index (χ2v) is 7.85. The van der Waals surface area contributed by atoms with Gasteiger partial charge in [-0.1, -0.05) is 36.0 Å². The number of fused-ring (bicyclic) bond motifs is 3. The number of nitrogens with one attached hydrogen (secondary N) is 1. The maximum atomic E-state index is 10.6. The highest BCUT2D eigenvalue weighted by atomic mass is 35.5. The molecule has 1 atom stereocenters. The van der Waals surface area contributed by atoms with Crippen molar-refractivity contribution in [2.45, 2.75) is 44.4 Å². The Kier molecular flexibility index (Phi) is 4.92. The van der Waals surface area contributed by atoms with Gasteiger partial charge in [0.05, 0.1) is 12.6 Å². The van der Waals surface area contributed by atoms with Gasteiger partial charge in [-0.15, -0.1) is 0 Å². The lowest BCUT2D eigenvalue weighted by Crippen LogP contribution is -2.35. The minimum atomic E-state index is -0.439. The summed E-state index contributed by atoms with van der Waals surface area (Å²) in [6, 6.07) is 12.3. The Hall–Kier alpha value is -1.26. The summed E-state index contributed by atoms with van der Waals surface area (Å²) >= 11 is 12.4. The second-order valence-electron chi connectivity index (χ2n) is 6.98. The zero-order valence-corrected chi connectivity index (χ0v) is 15.5. The van der Waals surface area contributed by atoms with Gasteiger partial charge in [-0.05, 0) is 49.2 Å². The summed E-state index contributed by atoms with van der Waals surface area (Å²) in [4.78, 5) is 0. The van der Waals surface area contributed by atoms with E-state index in [2.05, 4.69) is 9.88 Å². The molecule has 0 bridgehead atoms. The Morgan fingerprint density at radius 2 is 1.56 bits per heavy atom. The molecule has 1 fully saturated rings. The number of benzene rings is 2. The predicted molar refractivity (Wildman–Crippen MR) is 106 cm³/mol. The molecule has 0 aliphatic heterocycles. The summed E-state index contributed by atoms with van der Waals surface area (Å²) in [6.45, 7) is 1.16. The zero-order chi connectivity index (χ0) is 17.4. The van der Waals surface area contributed by atoms with Crippen LogP contribution in [0.2, 0.25) is 10.0 Å². The number of rotatable bonds is 5. The molecule has 5 heteroatoms. The van der Waals surface area contributed by atoms with E-state index < -0.39 is 6.10 Å². The van der Waals surface area contributed by atoms with E-state index in [0.717, 1.165) is 21.8 Å². The molecule has 132 valence electrons.